The summed E-state index contributed by atoms with van der Waals surface area (Å²) in [6.07, 6.45) is 7.17. The molecule has 1 amide bonds. The van der Waals surface area contributed by atoms with Gasteiger partial charge in [0.1, 0.15) is 0 Å². The Hall–Kier alpha value is -2.24. The van der Waals surface area contributed by atoms with Crippen LogP contribution in [0.5, 0.6) is 0 Å². The molecule has 1 N–H and O–H groups in total. The summed E-state index contributed by atoms with van der Waals surface area (Å²) in [4.78, 5) is 15.7. The number of nitrogens with one attached hydrogen (secondary N) is 1. The number of carbonyl (C=O) groups is 1. The number of carbonyl (C=O) groups excluding carboxylic acids is 1. The molecule has 0 saturated heterocycles. The third kappa shape index (κ3) is 3.48. The van der Waals surface area contributed by atoms with Crippen molar-refractivity contribution < 1.29 is 4.79 Å². The third-order valence-electron chi connectivity index (χ3n) is 8.17. The molecule has 4 aliphatic carbocycles. The van der Waals surface area contributed by atoms with Crippen molar-refractivity contribution in [2.75, 3.05) is 0 Å². The van der Waals surface area contributed by atoms with Crippen LogP contribution in [0.15, 0.2) is 24.3 Å². The average Bonchev–Trinajstić information content (AvgIpc) is 3.18. The van der Waals surface area contributed by atoms with E-state index in [1.165, 1.54) is 17.5 Å². The van der Waals surface area contributed by atoms with Crippen LogP contribution in [0.2, 0.25) is 0 Å². The molecular formula is C25H35N5O. The number of hydrogen-bond donors (Lipinski definition) is 1. The smallest absolute Gasteiger partial charge is 0.226 e. The van der Waals surface area contributed by atoms with E-state index in [0.29, 0.717) is 23.6 Å². The number of benzene rings is 1. The van der Waals surface area contributed by atoms with Crippen molar-refractivity contribution in [3.63, 3.8) is 0 Å². The molecule has 1 aromatic carbocycles. The SMILES string of the molecule is CCC(NC(=O)C12CC3CC(C1)CC(n1nnc(C)n1)(C3)C2)c1ccc(C(C)C)cc1. The van der Waals surface area contributed by atoms with Crippen LogP contribution in [0, 0.1) is 24.2 Å². The topological polar surface area (TPSA) is 72.7 Å². The van der Waals surface area contributed by atoms with Crippen LogP contribution in [-0.2, 0) is 10.3 Å². The van der Waals surface area contributed by atoms with E-state index >= 15 is 0 Å². The summed E-state index contributed by atoms with van der Waals surface area (Å²) in [5.41, 5.74) is 2.11. The molecule has 3 unspecified atom stereocenters. The van der Waals surface area contributed by atoms with Crippen molar-refractivity contribution in [3.8, 4) is 0 Å². The zero-order valence-electron chi connectivity index (χ0n) is 19.3. The number of amides is 1. The zero-order valence-corrected chi connectivity index (χ0v) is 19.3. The molecule has 4 saturated carbocycles. The van der Waals surface area contributed by atoms with E-state index in [-0.39, 0.29) is 22.9 Å². The molecule has 6 nitrogen and oxygen atoms in total. The Morgan fingerprint density at radius 3 is 2.32 bits per heavy atom. The van der Waals surface area contributed by atoms with Crippen LogP contribution < -0.4 is 5.32 Å². The fourth-order valence-corrected chi connectivity index (χ4v) is 7.04. The van der Waals surface area contributed by atoms with Crippen molar-refractivity contribution >= 4 is 5.91 Å². The Bertz CT molecular complexity index is 949. The van der Waals surface area contributed by atoms with Crippen molar-refractivity contribution in [2.24, 2.45) is 17.3 Å². The first kappa shape index (κ1) is 20.7. The number of rotatable bonds is 6. The van der Waals surface area contributed by atoms with Gasteiger partial charge in [-0.3, -0.25) is 4.79 Å². The molecule has 4 fully saturated rings. The van der Waals surface area contributed by atoms with E-state index in [9.17, 15) is 4.79 Å². The minimum atomic E-state index is -0.295. The molecule has 4 aliphatic rings. The van der Waals surface area contributed by atoms with Gasteiger partial charge in [0.15, 0.2) is 5.82 Å². The average molecular weight is 422 g/mol. The minimum absolute atomic E-state index is 0.0596. The molecule has 0 spiro atoms. The lowest BCUT2D eigenvalue weighted by molar-refractivity contribution is -0.158. The normalized spacial score (nSPS) is 32.4. The summed E-state index contributed by atoms with van der Waals surface area (Å²) in [5, 5.41) is 16.6. The van der Waals surface area contributed by atoms with Crippen molar-refractivity contribution in [3.05, 3.63) is 41.2 Å². The van der Waals surface area contributed by atoms with Gasteiger partial charge in [-0.1, -0.05) is 45.0 Å². The predicted molar refractivity (Wildman–Crippen MR) is 119 cm³/mol. The second kappa shape index (κ2) is 7.42. The fraction of sp³-hybridized carbons (Fsp3) is 0.680. The Morgan fingerprint density at radius 2 is 1.77 bits per heavy atom. The molecule has 3 atom stereocenters. The van der Waals surface area contributed by atoms with Gasteiger partial charge in [0, 0.05) is 0 Å². The molecule has 1 aromatic heterocycles. The lowest BCUT2D eigenvalue weighted by atomic mass is 9.46. The second-order valence-corrected chi connectivity index (χ2v) is 10.8. The van der Waals surface area contributed by atoms with E-state index in [1.54, 1.807) is 0 Å². The molecule has 2 aromatic rings. The Labute approximate surface area is 185 Å². The lowest BCUT2D eigenvalue weighted by Gasteiger charge is -2.60. The van der Waals surface area contributed by atoms with Gasteiger partial charge in [-0.15, -0.1) is 10.2 Å². The highest BCUT2D eigenvalue weighted by atomic mass is 16.2. The van der Waals surface area contributed by atoms with Crippen molar-refractivity contribution in [2.45, 2.75) is 90.1 Å². The van der Waals surface area contributed by atoms with Gasteiger partial charge in [0.25, 0.3) is 0 Å². The van der Waals surface area contributed by atoms with Gasteiger partial charge < -0.3 is 5.32 Å². The lowest BCUT2D eigenvalue weighted by Crippen LogP contribution is -2.61. The molecular weight excluding hydrogens is 386 g/mol. The van der Waals surface area contributed by atoms with Crippen LogP contribution in [-0.4, -0.2) is 26.1 Å². The number of aryl methyl sites for hydroxylation is 1. The number of tetrazole rings is 1. The predicted octanol–water partition coefficient (Wildman–Crippen LogP) is 4.67. The minimum Gasteiger partial charge on any atom is -0.349 e. The van der Waals surface area contributed by atoms with E-state index in [0.717, 1.165) is 38.5 Å². The van der Waals surface area contributed by atoms with Crippen LogP contribution >= 0.6 is 0 Å². The summed E-state index contributed by atoms with van der Waals surface area (Å²) in [7, 11) is 0. The Morgan fingerprint density at radius 1 is 1.13 bits per heavy atom. The first-order valence-electron chi connectivity index (χ1n) is 12.0. The van der Waals surface area contributed by atoms with Crippen LogP contribution in [0.4, 0.5) is 0 Å². The Balaban J connectivity index is 1.39. The second-order valence-electron chi connectivity index (χ2n) is 10.8. The summed E-state index contributed by atoms with van der Waals surface area (Å²) in [5.74, 6) is 2.64. The quantitative estimate of drug-likeness (QED) is 0.736. The highest BCUT2D eigenvalue weighted by Gasteiger charge is 2.62. The largest absolute Gasteiger partial charge is 0.349 e. The summed E-state index contributed by atoms with van der Waals surface area (Å²) >= 11 is 0. The van der Waals surface area contributed by atoms with E-state index in [4.69, 9.17) is 0 Å². The standard InChI is InChI=1S/C25H35N5O/c1-5-22(21-8-6-20(7-9-21)16(2)3)26-23(31)24-11-18-10-19(12-24)14-25(13-18,15-24)30-28-17(4)27-29-30/h6-9,16,18-19,22H,5,10-15H2,1-4H3,(H,26,31). The number of hydrogen-bond acceptors (Lipinski definition) is 4. The maximum absolute atomic E-state index is 13.8. The summed E-state index contributed by atoms with van der Waals surface area (Å²) < 4.78 is 0. The van der Waals surface area contributed by atoms with Gasteiger partial charge in [0.2, 0.25) is 5.91 Å². The van der Waals surface area contributed by atoms with Crippen LogP contribution in [0.1, 0.15) is 94.6 Å². The molecule has 6 rings (SSSR count). The maximum Gasteiger partial charge on any atom is 0.226 e. The van der Waals surface area contributed by atoms with Crippen molar-refractivity contribution in [1.82, 2.24) is 25.5 Å². The van der Waals surface area contributed by atoms with Gasteiger partial charge in [0.05, 0.1) is 17.0 Å². The van der Waals surface area contributed by atoms with Gasteiger partial charge in [-0.2, -0.15) is 4.80 Å². The van der Waals surface area contributed by atoms with Gasteiger partial charge in [-0.05, 0) is 86.0 Å². The molecule has 166 valence electrons. The van der Waals surface area contributed by atoms with Crippen LogP contribution in [0.25, 0.3) is 0 Å². The number of nitrogens with zero attached hydrogens (tertiary/aromatic N) is 4. The molecule has 0 radical (unpaired) electrons. The first-order chi connectivity index (χ1) is 14.8. The zero-order chi connectivity index (χ0) is 21.8. The van der Waals surface area contributed by atoms with Gasteiger partial charge >= 0.3 is 0 Å². The summed E-state index contributed by atoms with van der Waals surface area (Å²) in [6.45, 7) is 8.47. The maximum atomic E-state index is 13.8. The molecule has 4 bridgehead atoms. The third-order valence-corrected chi connectivity index (χ3v) is 8.17. The molecule has 6 heteroatoms. The van der Waals surface area contributed by atoms with E-state index in [1.807, 2.05) is 11.7 Å². The van der Waals surface area contributed by atoms with Crippen molar-refractivity contribution in [1.29, 1.82) is 0 Å². The van der Waals surface area contributed by atoms with Gasteiger partial charge in [-0.25, -0.2) is 0 Å². The highest BCUT2D eigenvalue weighted by molar-refractivity contribution is 5.83. The Kier molecular flexibility index (Phi) is 4.94. The summed E-state index contributed by atoms with van der Waals surface area (Å²) in [6, 6.07) is 8.84. The van der Waals surface area contributed by atoms with E-state index in [2.05, 4.69) is 65.8 Å². The van der Waals surface area contributed by atoms with E-state index < -0.39 is 0 Å². The molecule has 1 heterocycles. The number of aromatic nitrogens is 4. The highest BCUT2D eigenvalue weighted by Crippen LogP contribution is 2.64. The molecule has 0 aliphatic heterocycles. The fourth-order valence-electron chi connectivity index (χ4n) is 7.04. The monoisotopic (exact) mass is 421 g/mol. The molecule has 31 heavy (non-hydrogen) atoms. The van der Waals surface area contributed by atoms with Crippen LogP contribution in [0.3, 0.4) is 0 Å². The first-order valence-corrected chi connectivity index (χ1v) is 12.0.